The minimum atomic E-state index is 0.327. The van der Waals surface area contributed by atoms with Crippen molar-refractivity contribution in [1.29, 1.82) is 0 Å². The molecule has 0 radical (unpaired) electrons. The third-order valence-electron chi connectivity index (χ3n) is 2.20. The van der Waals surface area contributed by atoms with Crippen molar-refractivity contribution in [3.63, 3.8) is 0 Å². The van der Waals surface area contributed by atoms with Gasteiger partial charge in [-0.1, -0.05) is 6.92 Å². The van der Waals surface area contributed by atoms with E-state index >= 15 is 0 Å². The molecule has 2 unspecified atom stereocenters. The van der Waals surface area contributed by atoms with Gasteiger partial charge in [-0.05, 0) is 12.8 Å². The monoisotopic (exact) mass is 198 g/mol. The Morgan fingerprint density at radius 1 is 1.50 bits per heavy atom. The highest BCUT2D eigenvalue weighted by atomic mass is 16.5. The Morgan fingerprint density at radius 3 is 2.71 bits per heavy atom. The summed E-state index contributed by atoms with van der Waals surface area (Å²) in [6.45, 7) is 6.28. The van der Waals surface area contributed by atoms with Crippen molar-refractivity contribution in [2.45, 2.75) is 26.3 Å². The molecule has 0 aromatic rings. The Labute approximate surface area is 87.4 Å². The maximum Gasteiger partial charge on any atom is 0.0503 e. The SMILES string of the molecule is CC#CCCNC(CN)C(C)COC. The van der Waals surface area contributed by atoms with E-state index in [-0.39, 0.29) is 0 Å². The molecule has 0 saturated heterocycles. The van der Waals surface area contributed by atoms with Crippen LogP contribution in [0.25, 0.3) is 0 Å². The Bertz CT molecular complexity index is 183. The molecule has 0 bridgehead atoms. The summed E-state index contributed by atoms with van der Waals surface area (Å²) in [7, 11) is 1.71. The summed E-state index contributed by atoms with van der Waals surface area (Å²) in [5, 5.41) is 3.38. The lowest BCUT2D eigenvalue weighted by molar-refractivity contribution is 0.140. The third-order valence-corrected chi connectivity index (χ3v) is 2.20. The van der Waals surface area contributed by atoms with Gasteiger partial charge in [0.15, 0.2) is 0 Å². The van der Waals surface area contributed by atoms with Gasteiger partial charge < -0.3 is 15.8 Å². The number of ether oxygens (including phenoxy) is 1. The molecule has 0 aromatic heterocycles. The second-order valence-corrected chi connectivity index (χ2v) is 3.41. The fraction of sp³-hybridized carbons (Fsp3) is 0.818. The molecule has 0 fully saturated rings. The minimum absolute atomic E-state index is 0.327. The average Bonchev–Trinajstić information content (AvgIpc) is 2.18. The van der Waals surface area contributed by atoms with Crippen LogP contribution in [0.4, 0.5) is 0 Å². The van der Waals surface area contributed by atoms with Gasteiger partial charge in [0.2, 0.25) is 0 Å². The second-order valence-electron chi connectivity index (χ2n) is 3.41. The fourth-order valence-electron chi connectivity index (χ4n) is 1.34. The highest BCUT2D eigenvalue weighted by molar-refractivity contribution is 4.95. The van der Waals surface area contributed by atoms with Gasteiger partial charge in [-0.2, -0.15) is 0 Å². The molecule has 82 valence electrons. The zero-order chi connectivity index (χ0) is 10.8. The van der Waals surface area contributed by atoms with Crippen molar-refractivity contribution < 1.29 is 4.74 Å². The molecule has 0 aliphatic carbocycles. The number of nitrogens with one attached hydrogen (secondary N) is 1. The summed E-state index contributed by atoms with van der Waals surface area (Å²) in [5.41, 5.74) is 5.66. The lowest BCUT2D eigenvalue weighted by atomic mass is 10.0. The molecular formula is C11H22N2O. The van der Waals surface area contributed by atoms with Crippen LogP contribution >= 0.6 is 0 Å². The van der Waals surface area contributed by atoms with Crippen LogP contribution in [0.5, 0.6) is 0 Å². The molecule has 0 saturated carbocycles. The van der Waals surface area contributed by atoms with Crippen LogP contribution in [0.15, 0.2) is 0 Å². The Kier molecular flexibility index (Phi) is 8.65. The highest BCUT2D eigenvalue weighted by Crippen LogP contribution is 2.01. The maximum atomic E-state index is 5.66. The van der Waals surface area contributed by atoms with Crippen LogP contribution in [0.1, 0.15) is 20.3 Å². The normalized spacial score (nSPS) is 14.3. The van der Waals surface area contributed by atoms with Crippen molar-refractivity contribution in [1.82, 2.24) is 5.32 Å². The summed E-state index contributed by atoms with van der Waals surface area (Å²) in [5.74, 6) is 6.33. The number of rotatable bonds is 7. The number of hydrogen-bond acceptors (Lipinski definition) is 3. The van der Waals surface area contributed by atoms with E-state index in [1.165, 1.54) is 0 Å². The topological polar surface area (TPSA) is 47.3 Å². The van der Waals surface area contributed by atoms with Gasteiger partial charge in [0.25, 0.3) is 0 Å². The van der Waals surface area contributed by atoms with Gasteiger partial charge in [-0.3, -0.25) is 0 Å². The van der Waals surface area contributed by atoms with E-state index in [0.717, 1.165) is 19.6 Å². The molecule has 0 aliphatic heterocycles. The summed E-state index contributed by atoms with van der Waals surface area (Å²) in [6.07, 6.45) is 0.882. The van der Waals surface area contributed by atoms with E-state index in [2.05, 4.69) is 24.1 Å². The zero-order valence-electron chi connectivity index (χ0n) is 9.47. The summed E-state index contributed by atoms with van der Waals surface area (Å²) in [4.78, 5) is 0. The van der Waals surface area contributed by atoms with E-state index in [1.807, 2.05) is 6.92 Å². The smallest absolute Gasteiger partial charge is 0.0503 e. The predicted molar refractivity (Wildman–Crippen MR) is 60.0 cm³/mol. The molecule has 0 aromatic carbocycles. The Hall–Kier alpha value is -0.560. The minimum Gasteiger partial charge on any atom is -0.384 e. The van der Waals surface area contributed by atoms with Crippen LogP contribution in [0.2, 0.25) is 0 Å². The second kappa shape index (κ2) is 9.01. The first-order chi connectivity index (χ1) is 6.76. The van der Waals surface area contributed by atoms with Gasteiger partial charge in [0.05, 0.1) is 6.61 Å². The van der Waals surface area contributed by atoms with Gasteiger partial charge >= 0.3 is 0 Å². The van der Waals surface area contributed by atoms with E-state index in [4.69, 9.17) is 10.5 Å². The van der Waals surface area contributed by atoms with Gasteiger partial charge in [-0.25, -0.2) is 0 Å². The van der Waals surface area contributed by atoms with Crippen LogP contribution in [-0.2, 0) is 4.74 Å². The molecule has 3 heteroatoms. The third kappa shape index (κ3) is 5.98. The first kappa shape index (κ1) is 13.4. The highest BCUT2D eigenvalue weighted by Gasteiger charge is 2.13. The molecule has 2 atom stereocenters. The lowest BCUT2D eigenvalue weighted by Crippen LogP contribution is -2.43. The van der Waals surface area contributed by atoms with Crippen LogP contribution in [0, 0.1) is 17.8 Å². The molecule has 0 spiro atoms. The van der Waals surface area contributed by atoms with Crippen molar-refractivity contribution >= 4 is 0 Å². The Balaban J connectivity index is 3.70. The first-order valence-electron chi connectivity index (χ1n) is 5.08. The average molecular weight is 198 g/mol. The summed E-state index contributed by atoms with van der Waals surface area (Å²) in [6, 6.07) is 0.327. The molecule has 0 amide bonds. The molecule has 3 nitrogen and oxygen atoms in total. The number of hydrogen-bond donors (Lipinski definition) is 2. The summed E-state index contributed by atoms with van der Waals surface area (Å²) >= 11 is 0. The molecular weight excluding hydrogens is 176 g/mol. The first-order valence-corrected chi connectivity index (χ1v) is 5.08. The molecule has 3 N–H and O–H groups in total. The maximum absolute atomic E-state index is 5.66. The summed E-state index contributed by atoms with van der Waals surface area (Å²) < 4.78 is 5.09. The predicted octanol–water partition coefficient (Wildman–Crippen LogP) is 0.599. The van der Waals surface area contributed by atoms with E-state index < -0.39 is 0 Å². The van der Waals surface area contributed by atoms with Crippen molar-refractivity contribution in [3.05, 3.63) is 0 Å². The fourth-order valence-corrected chi connectivity index (χ4v) is 1.34. The van der Waals surface area contributed by atoms with E-state index in [1.54, 1.807) is 7.11 Å². The van der Waals surface area contributed by atoms with Crippen LogP contribution in [-0.4, -0.2) is 32.8 Å². The quantitative estimate of drug-likeness (QED) is 0.465. The largest absolute Gasteiger partial charge is 0.384 e. The van der Waals surface area contributed by atoms with Crippen molar-refractivity contribution in [2.75, 3.05) is 26.8 Å². The van der Waals surface area contributed by atoms with E-state index in [9.17, 15) is 0 Å². The van der Waals surface area contributed by atoms with Gasteiger partial charge in [-0.15, -0.1) is 11.8 Å². The van der Waals surface area contributed by atoms with Gasteiger partial charge in [0.1, 0.15) is 0 Å². The molecule has 14 heavy (non-hydrogen) atoms. The lowest BCUT2D eigenvalue weighted by Gasteiger charge is -2.22. The molecule has 0 aliphatic rings. The zero-order valence-corrected chi connectivity index (χ0v) is 9.47. The molecule has 0 rings (SSSR count). The van der Waals surface area contributed by atoms with Crippen molar-refractivity contribution in [3.8, 4) is 11.8 Å². The van der Waals surface area contributed by atoms with Crippen LogP contribution in [0.3, 0.4) is 0 Å². The van der Waals surface area contributed by atoms with Gasteiger partial charge in [0, 0.05) is 32.7 Å². The van der Waals surface area contributed by atoms with Crippen molar-refractivity contribution in [2.24, 2.45) is 11.7 Å². The Morgan fingerprint density at radius 2 is 2.21 bits per heavy atom. The molecule has 0 heterocycles. The van der Waals surface area contributed by atoms with Crippen LogP contribution < -0.4 is 11.1 Å². The number of nitrogens with two attached hydrogens (primary N) is 1. The number of methoxy groups -OCH3 is 1. The van der Waals surface area contributed by atoms with E-state index in [0.29, 0.717) is 18.5 Å². The standard InChI is InChI=1S/C11H22N2O/c1-4-5-6-7-13-11(8-12)10(2)9-14-3/h10-11,13H,6-9,12H2,1-3H3.